The van der Waals surface area contributed by atoms with E-state index < -0.39 is 0 Å². The van der Waals surface area contributed by atoms with Gasteiger partial charge in [0.05, 0.1) is 19.1 Å². The highest BCUT2D eigenvalue weighted by Crippen LogP contribution is 2.20. The zero-order valence-electron chi connectivity index (χ0n) is 17.9. The molecule has 1 aliphatic heterocycles. The molecule has 0 bridgehead atoms. The minimum atomic E-state index is -0.366. The van der Waals surface area contributed by atoms with E-state index in [2.05, 4.69) is 15.2 Å². The van der Waals surface area contributed by atoms with Crippen LogP contribution in [0.4, 0.5) is 0 Å². The van der Waals surface area contributed by atoms with Crippen LogP contribution in [0.1, 0.15) is 38.8 Å². The molecule has 0 saturated carbocycles. The highest BCUT2D eigenvalue weighted by atomic mass is 16.5. The summed E-state index contributed by atoms with van der Waals surface area (Å²) < 4.78 is 10.5. The zero-order chi connectivity index (χ0) is 22.2. The lowest BCUT2D eigenvalue weighted by Crippen LogP contribution is -2.43. The van der Waals surface area contributed by atoms with E-state index in [4.69, 9.17) is 9.47 Å². The van der Waals surface area contributed by atoms with Gasteiger partial charge >= 0.3 is 5.97 Å². The quantitative estimate of drug-likeness (QED) is 0.639. The average Bonchev–Trinajstić information content (AvgIpc) is 2.79. The molecule has 0 unspecified atom stereocenters. The number of hydrogen-bond donors (Lipinski definition) is 1. The Labute approximate surface area is 180 Å². The van der Waals surface area contributed by atoms with E-state index in [1.54, 1.807) is 36.1 Å². The number of carbonyl (C=O) groups is 2. The van der Waals surface area contributed by atoms with Crippen molar-refractivity contribution in [3.63, 3.8) is 0 Å². The maximum atomic E-state index is 12.6. The van der Waals surface area contributed by atoms with Crippen LogP contribution in [0.3, 0.4) is 0 Å². The molecule has 9 nitrogen and oxygen atoms in total. The predicted octanol–water partition coefficient (Wildman–Crippen LogP) is 1.96. The first kappa shape index (κ1) is 22.5. The number of aromatic amines is 1. The summed E-state index contributed by atoms with van der Waals surface area (Å²) in [6.45, 7) is 5.54. The van der Waals surface area contributed by atoms with E-state index >= 15 is 0 Å². The van der Waals surface area contributed by atoms with Crippen molar-refractivity contribution in [1.29, 1.82) is 0 Å². The topological polar surface area (TPSA) is 114 Å². The second-order valence-electron chi connectivity index (χ2n) is 7.34. The molecule has 0 spiro atoms. The van der Waals surface area contributed by atoms with Gasteiger partial charge in [0, 0.05) is 31.5 Å². The fourth-order valence-electron chi connectivity index (χ4n) is 3.57. The van der Waals surface area contributed by atoms with Gasteiger partial charge in [-0.05, 0) is 51.0 Å². The molecule has 31 heavy (non-hydrogen) atoms. The number of H-pyrrole nitrogens is 1. The highest BCUT2D eigenvalue weighted by molar-refractivity contribution is 5.78. The fraction of sp³-hybridized carbons (Fsp3) is 0.500. The molecule has 1 amide bonds. The molecule has 1 aliphatic rings. The largest absolute Gasteiger partial charge is 0.494 e. The lowest BCUT2D eigenvalue weighted by molar-refractivity contribution is -0.151. The van der Waals surface area contributed by atoms with Crippen molar-refractivity contribution in [3.8, 4) is 17.1 Å². The SMILES string of the molecule is CCOC(=O)[C@@H]1CCCN(C(=O)CCc2nnc(-c3ccc(OCC)cc3)[nH]c2=O)C1. The number of ether oxygens (including phenoxy) is 2. The number of esters is 1. The van der Waals surface area contributed by atoms with Crippen molar-refractivity contribution in [3.05, 3.63) is 40.3 Å². The summed E-state index contributed by atoms with van der Waals surface area (Å²) >= 11 is 0. The Hall–Kier alpha value is -3.23. The van der Waals surface area contributed by atoms with Crippen molar-refractivity contribution < 1.29 is 19.1 Å². The van der Waals surface area contributed by atoms with Gasteiger partial charge in [-0.1, -0.05) is 0 Å². The molecule has 1 saturated heterocycles. The van der Waals surface area contributed by atoms with Gasteiger partial charge in [-0.2, -0.15) is 0 Å². The molecule has 9 heteroatoms. The number of piperidine rings is 1. The third-order valence-corrected chi connectivity index (χ3v) is 5.17. The minimum Gasteiger partial charge on any atom is -0.494 e. The van der Waals surface area contributed by atoms with Gasteiger partial charge in [-0.3, -0.25) is 14.4 Å². The molecular weight excluding hydrogens is 400 g/mol. The first-order chi connectivity index (χ1) is 15.0. The van der Waals surface area contributed by atoms with Gasteiger partial charge in [-0.15, -0.1) is 10.2 Å². The fourth-order valence-corrected chi connectivity index (χ4v) is 3.57. The number of nitrogens with zero attached hydrogens (tertiary/aromatic N) is 3. The molecule has 0 aliphatic carbocycles. The highest BCUT2D eigenvalue weighted by Gasteiger charge is 2.29. The molecule has 2 heterocycles. The number of benzene rings is 1. The maximum Gasteiger partial charge on any atom is 0.310 e. The summed E-state index contributed by atoms with van der Waals surface area (Å²) in [6, 6.07) is 7.19. The number of amides is 1. The summed E-state index contributed by atoms with van der Waals surface area (Å²) in [5.41, 5.74) is 0.561. The molecule has 1 atom stereocenters. The minimum absolute atomic E-state index is 0.106. The number of carbonyl (C=O) groups excluding carboxylic acids is 2. The van der Waals surface area contributed by atoms with Gasteiger partial charge < -0.3 is 19.4 Å². The van der Waals surface area contributed by atoms with Crippen molar-refractivity contribution in [1.82, 2.24) is 20.1 Å². The number of rotatable bonds is 8. The molecule has 0 radical (unpaired) electrons. The predicted molar refractivity (Wildman–Crippen MR) is 114 cm³/mol. The van der Waals surface area contributed by atoms with Crippen LogP contribution in [-0.4, -0.2) is 58.3 Å². The monoisotopic (exact) mass is 428 g/mol. The second-order valence-corrected chi connectivity index (χ2v) is 7.34. The van der Waals surface area contributed by atoms with Crippen LogP contribution in [0, 0.1) is 5.92 Å². The molecule has 166 valence electrons. The number of likely N-dealkylation sites (tertiary alicyclic amines) is 1. The van der Waals surface area contributed by atoms with E-state index in [-0.39, 0.29) is 41.9 Å². The van der Waals surface area contributed by atoms with Crippen LogP contribution in [0.5, 0.6) is 5.75 Å². The van der Waals surface area contributed by atoms with E-state index in [1.807, 2.05) is 6.92 Å². The molecular formula is C22H28N4O5. The van der Waals surface area contributed by atoms with Gasteiger partial charge in [0.1, 0.15) is 11.4 Å². The second kappa shape index (κ2) is 10.7. The normalized spacial score (nSPS) is 16.1. The molecule has 1 fully saturated rings. The lowest BCUT2D eigenvalue weighted by Gasteiger charge is -2.31. The maximum absolute atomic E-state index is 12.6. The number of hydrogen-bond acceptors (Lipinski definition) is 7. The molecule has 1 N–H and O–H groups in total. The Bertz CT molecular complexity index is 957. The van der Waals surface area contributed by atoms with Gasteiger partial charge in [0.2, 0.25) is 5.91 Å². The third kappa shape index (κ3) is 5.90. The van der Waals surface area contributed by atoms with Crippen LogP contribution in [0.25, 0.3) is 11.4 Å². The Kier molecular flexibility index (Phi) is 7.75. The zero-order valence-corrected chi connectivity index (χ0v) is 17.9. The molecule has 1 aromatic carbocycles. The van der Waals surface area contributed by atoms with Gasteiger partial charge in [0.15, 0.2) is 5.82 Å². The van der Waals surface area contributed by atoms with Crippen LogP contribution >= 0.6 is 0 Å². The number of aryl methyl sites for hydroxylation is 1. The van der Waals surface area contributed by atoms with Crippen LogP contribution in [0.15, 0.2) is 29.1 Å². The van der Waals surface area contributed by atoms with Crippen LogP contribution < -0.4 is 10.3 Å². The summed E-state index contributed by atoms with van der Waals surface area (Å²) in [5, 5.41) is 8.13. The number of nitrogens with one attached hydrogen (secondary N) is 1. The van der Waals surface area contributed by atoms with E-state index in [0.29, 0.717) is 37.7 Å². The molecule has 2 aromatic rings. The Morgan fingerprint density at radius 3 is 2.61 bits per heavy atom. The van der Waals surface area contributed by atoms with Crippen molar-refractivity contribution in [2.24, 2.45) is 5.92 Å². The van der Waals surface area contributed by atoms with Crippen LogP contribution in [-0.2, 0) is 20.7 Å². The lowest BCUT2D eigenvalue weighted by atomic mass is 9.98. The third-order valence-electron chi connectivity index (χ3n) is 5.17. The van der Waals surface area contributed by atoms with E-state index in [0.717, 1.165) is 18.6 Å². The first-order valence-electron chi connectivity index (χ1n) is 10.6. The average molecular weight is 428 g/mol. The smallest absolute Gasteiger partial charge is 0.310 e. The van der Waals surface area contributed by atoms with E-state index in [9.17, 15) is 14.4 Å². The molecule has 3 rings (SSSR count). The van der Waals surface area contributed by atoms with Crippen molar-refractivity contribution >= 4 is 11.9 Å². The summed E-state index contributed by atoms with van der Waals surface area (Å²) in [6.07, 6.45) is 1.80. The van der Waals surface area contributed by atoms with Crippen molar-refractivity contribution in [2.45, 2.75) is 39.5 Å². The Balaban J connectivity index is 1.58. The Morgan fingerprint density at radius 1 is 1.16 bits per heavy atom. The van der Waals surface area contributed by atoms with Gasteiger partial charge in [0.25, 0.3) is 5.56 Å². The van der Waals surface area contributed by atoms with E-state index in [1.165, 1.54) is 0 Å². The van der Waals surface area contributed by atoms with Crippen molar-refractivity contribution in [2.75, 3.05) is 26.3 Å². The van der Waals surface area contributed by atoms with Crippen LogP contribution in [0.2, 0.25) is 0 Å². The van der Waals surface area contributed by atoms with Gasteiger partial charge in [-0.25, -0.2) is 0 Å². The summed E-state index contributed by atoms with van der Waals surface area (Å²) in [5.74, 6) is 0.447. The molecule has 1 aromatic heterocycles. The standard InChI is InChI=1S/C22H28N4O5/c1-3-30-17-9-7-15(8-10-17)20-23-21(28)18(24-25-20)11-12-19(27)26-13-5-6-16(14-26)22(29)31-4-2/h7-10,16H,3-6,11-14H2,1-2H3,(H,23,25,28)/t16-/m1/s1. The number of aromatic nitrogens is 3. The summed E-state index contributed by atoms with van der Waals surface area (Å²) in [4.78, 5) is 41.4. The summed E-state index contributed by atoms with van der Waals surface area (Å²) in [7, 11) is 0. The first-order valence-corrected chi connectivity index (χ1v) is 10.6. The Morgan fingerprint density at radius 2 is 1.94 bits per heavy atom.